The molecule has 0 unspecified atom stereocenters. The Morgan fingerprint density at radius 2 is 2.11 bits per heavy atom. The summed E-state index contributed by atoms with van der Waals surface area (Å²) in [4.78, 5) is 13.7. The number of aromatic hydroxyl groups is 1. The summed E-state index contributed by atoms with van der Waals surface area (Å²) in [5.41, 5.74) is 1.23. The van der Waals surface area contributed by atoms with Gasteiger partial charge in [-0.2, -0.15) is 0 Å². The molecule has 1 heterocycles. The number of carbonyl (C=O) groups is 1. The van der Waals surface area contributed by atoms with Gasteiger partial charge in [0.2, 0.25) is 0 Å². The second-order valence-electron chi connectivity index (χ2n) is 4.39. The second kappa shape index (κ2) is 5.48. The first-order valence-electron chi connectivity index (χ1n) is 5.76. The van der Waals surface area contributed by atoms with Crippen molar-refractivity contribution in [3.8, 4) is 5.75 Å². The molecule has 4 nitrogen and oxygen atoms in total. The first-order chi connectivity index (χ1) is 8.97. The number of carbonyl (C=O) groups excluding carboxylic acids is 1. The van der Waals surface area contributed by atoms with Crippen molar-refractivity contribution in [3.05, 3.63) is 51.9 Å². The largest absolute Gasteiger partial charge is 0.507 e. The first-order valence-corrected chi connectivity index (χ1v) is 6.56. The maximum Gasteiger partial charge on any atom is 0.257 e. The first kappa shape index (κ1) is 13.7. The van der Waals surface area contributed by atoms with E-state index in [1.54, 1.807) is 31.3 Å². The highest BCUT2D eigenvalue weighted by Crippen LogP contribution is 2.21. The zero-order valence-corrected chi connectivity index (χ0v) is 12.3. The lowest BCUT2D eigenvalue weighted by molar-refractivity contribution is 0.0772. The molecule has 0 aliphatic heterocycles. The van der Waals surface area contributed by atoms with E-state index in [4.69, 9.17) is 4.42 Å². The van der Waals surface area contributed by atoms with Crippen LogP contribution in [0.2, 0.25) is 0 Å². The molecular formula is C14H14BrNO3. The van der Waals surface area contributed by atoms with Crippen molar-refractivity contribution in [2.75, 3.05) is 7.05 Å². The molecular weight excluding hydrogens is 310 g/mol. The number of aryl methyl sites for hydroxylation is 1. The molecule has 0 aliphatic rings. The van der Waals surface area contributed by atoms with Crippen LogP contribution in [0.25, 0.3) is 0 Å². The van der Waals surface area contributed by atoms with E-state index >= 15 is 0 Å². The van der Waals surface area contributed by atoms with Gasteiger partial charge in [-0.3, -0.25) is 4.79 Å². The minimum Gasteiger partial charge on any atom is -0.507 e. The molecule has 2 aromatic rings. The number of nitrogens with zero attached hydrogens (tertiary/aromatic N) is 1. The predicted molar refractivity (Wildman–Crippen MR) is 75.0 cm³/mol. The van der Waals surface area contributed by atoms with Gasteiger partial charge in [-0.15, -0.1) is 0 Å². The Morgan fingerprint density at radius 1 is 1.37 bits per heavy atom. The fourth-order valence-corrected chi connectivity index (χ4v) is 2.11. The van der Waals surface area contributed by atoms with Crippen LogP contribution in [-0.4, -0.2) is 23.0 Å². The van der Waals surface area contributed by atoms with Gasteiger partial charge in [0.15, 0.2) is 4.67 Å². The summed E-state index contributed by atoms with van der Waals surface area (Å²) in [6, 6.07) is 8.53. The zero-order valence-electron chi connectivity index (χ0n) is 10.7. The smallest absolute Gasteiger partial charge is 0.257 e. The Bertz CT molecular complexity index is 606. The number of phenolic OH excluding ortho intramolecular Hbond substituents is 1. The summed E-state index contributed by atoms with van der Waals surface area (Å²) >= 11 is 3.22. The summed E-state index contributed by atoms with van der Waals surface area (Å²) in [6.07, 6.45) is 0. The van der Waals surface area contributed by atoms with E-state index in [0.29, 0.717) is 22.5 Å². The third-order valence-corrected chi connectivity index (χ3v) is 3.18. The Balaban J connectivity index is 2.16. The fourth-order valence-electron chi connectivity index (χ4n) is 1.77. The fraction of sp³-hybridized carbons (Fsp3) is 0.214. The second-order valence-corrected chi connectivity index (χ2v) is 5.17. The SMILES string of the molecule is Cc1ccc(O)c(C(=O)N(C)Cc2ccc(Br)o2)c1. The van der Waals surface area contributed by atoms with E-state index < -0.39 is 0 Å². The number of phenols is 1. The van der Waals surface area contributed by atoms with Crippen molar-refractivity contribution in [3.63, 3.8) is 0 Å². The maximum atomic E-state index is 12.2. The number of hydrogen-bond donors (Lipinski definition) is 1. The molecule has 0 fully saturated rings. The van der Waals surface area contributed by atoms with Crippen LogP contribution in [0.5, 0.6) is 5.75 Å². The molecule has 0 atom stereocenters. The Labute approximate surface area is 119 Å². The normalized spacial score (nSPS) is 10.5. The van der Waals surface area contributed by atoms with E-state index in [0.717, 1.165) is 5.56 Å². The zero-order chi connectivity index (χ0) is 14.0. The summed E-state index contributed by atoms with van der Waals surface area (Å²) in [5.74, 6) is 0.423. The topological polar surface area (TPSA) is 53.7 Å². The maximum absolute atomic E-state index is 12.2. The molecule has 1 amide bonds. The van der Waals surface area contributed by atoms with E-state index in [-0.39, 0.29) is 11.7 Å². The number of furan rings is 1. The van der Waals surface area contributed by atoms with E-state index in [2.05, 4.69) is 15.9 Å². The monoisotopic (exact) mass is 323 g/mol. The molecule has 5 heteroatoms. The molecule has 0 saturated heterocycles. The lowest BCUT2D eigenvalue weighted by atomic mass is 10.1. The van der Waals surface area contributed by atoms with Gasteiger partial charge in [0.25, 0.3) is 5.91 Å². The number of hydrogen-bond acceptors (Lipinski definition) is 3. The van der Waals surface area contributed by atoms with Crippen molar-refractivity contribution < 1.29 is 14.3 Å². The van der Waals surface area contributed by atoms with Gasteiger partial charge in [0.05, 0.1) is 12.1 Å². The molecule has 100 valence electrons. The molecule has 19 heavy (non-hydrogen) atoms. The van der Waals surface area contributed by atoms with Gasteiger partial charge < -0.3 is 14.4 Å². The molecule has 0 bridgehead atoms. The molecule has 0 aliphatic carbocycles. The van der Waals surface area contributed by atoms with Crippen LogP contribution in [0.3, 0.4) is 0 Å². The number of benzene rings is 1. The van der Waals surface area contributed by atoms with Gasteiger partial charge in [-0.25, -0.2) is 0 Å². The van der Waals surface area contributed by atoms with Crippen LogP contribution in [-0.2, 0) is 6.54 Å². The van der Waals surface area contributed by atoms with Crippen molar-refractivity contribution in [1.82, 2.24) is 4.90 Å². The molecule has 2 rings (SSSR count). The van der Waals surface area contributed by atoms with Crippen LogP contribution >= 0.6 is 15.9 Å². The average Bonchev–Trinajstić information content (AvgIpc) is 2.77. The average molecular weight is 324 g/mol. The molecule has 0 saturated carbocycles. The molecule has 0 spiro atoms. The minimum atomic E-state index is -0.242. The van der Waals surface area contributed by atoms with Gasteiger partial charge >= 0.3 is 0 Å². The molecule has 0 radical (unpaired) electrons. The molecule has 1 aromatic carbocycles. The molecule has 1 aromatic heterocycles. The van der Waals surface area contributed by atoms with E-state index in [9.17, 15) is 9.90 Å². The van der Waals surface area contributed by atoms with Gasteiger partial charge in [-0.1, -0.05) is 11.6 Å². The van der Waals surface area contributed by atoms with Gasteiger partial charge in [0, 0.05) is 7.05 Å². The molecule has 1 N–H and O–H groups in total. The number of amides is 1. The summed E-state index contributed by atoms with van der Waals surface area (Å²) in [7, 11) is 1.67. The van der Waals surface area contributed by atoms with Gasteiger partial charge in [-0.05, 0) is 47.1 Å². The third kappa shape index (κ3) is 3.17. The van der Waals surface area contributed by atoms with Crippen molar-refractivity contribution in [1.29, 1.82) is 0 Å². The lowest BCUT2D eigenvalue weighted by Gasteiger charge is -2.16. The number of rotatable bonds is 3. The lowest BCUT2D eigenvalue weighted by Crippen LogP contribution is -2.26. The quantitative estimate of drug-likeness (QED) is 0.942. The summed E-state index contributed by atoms with van der Waals surface area (Å²) < 4.78 is 5.98. The third-order valence-electron chi connectivity index (χ3n) is 2.75. The van der Waals surface area contributed by atoms with Crippen molar-refractivity contribution in [2.45, 2.75) is 13.5 Å². The van der Waals surface area contributed by atoms with Crippen molar-refractivity contribution >= 4 is 21.8 Å². The van der Waals surface area contributed by atoms with E-state index in [1.165, 1.54) is 11.0 Å². The Kier molecular flexibility index (Phi) is 3.95. The van der Waals surface area contributed by atoms with Crippen LogP contribution < -0.4 is 0 Å². The highest BCUT2D eigenvalue weighted by Gasteiger charge is 2.17. The standard InChI is InChI=1S/C14H14BrNO3/c1-9-3-5-12(17)11(7-9)14(18)16(2)8-10-4-6-13(15)19-10/h3-7,17H,8H2,1-2H3. The highest BCUT2D eigenvalue weighted by molar-refractivity contribution is 9.10. The summed E-state index contributed by atoms with van der Waals surface area (Å²) in [5, 5.41) is 9.75. The summed E-state index contributed by atoms with van der Waals surface area (Å²) in [6.45, 7) is 2.22. The van der Waals surface area contributed by atoms with E-state index in [1.807, 2.05) is 6.92 Å². The Hall–Kier alpha value is -1.75. The van der Waals surface area contributed by atoms with Gasteiger partial charge in [0.1, 0.15) is 11.5 Å². The number of halogens is 1. The van der Waals surface area contributed by atoms with Crippen LogP contribution in [0.15, 0.2) is 39.4 Å². The van der Waals surface area contributed by atoms with Crippen molar-refractivity contribution in [2.24, 2.45) is 0 Å². The van der Waals surface area contributed by atoms with Crippen LogP contribution in [0, 0.1) is 6.92 Å². The Morgan fingerprint density at radius 3 is 2.74 bits per heavy atom. The minimum absolute atomic E-state index is 0.0110. The van der Waals surface area contributed by atoms with Crippen LogP contribution in [0.1, 0.15) is 21.7 Å². The van der Waals surface area contributed by atoms with Crippen LogP contribution in [0.4, 0.5) is 0 Å². The predicted octanol–water partition coefficient (Wildman–Crippen LogP) is 3.33. The highest BCUT2D eigenvalue weighted by atomic mass is 79.9.